The first-order valence-electron chi connectivity index (χ1n) is 5.07. The lowest BCUT2D eigenvalue weighted by atomic mass is 10.1. The van der Waals surface area contributed by atoms with E-state index >= 15 is 0 Å². The molecule has 1 unspecified atom stereocenters. The number of nitrogens with one attached hydrogen (secondary N) is 1. The third kappa shape index (κ3) is 4.64. The zero-order valence-corrected chi connectivity index (χ0v) is 8.61. The molecule has 0 radical (unpaired) electrons. The Morgan fingerprint density at radius 1 is 1.60 bits per heavy atom. The first-order chi connectivity index (χ1) is 7.22. The molecule has 15 heavy (non-hydrogen) atoms. The maximum atomic E-state index is 11.3. The smallest absolute Gasteiger partial charge is 0.222 e. The lowest BCUT2D eigenvalue weighted by molar-refractivity contribution is -0.124. The van der Waals surface area contributed by atoms with E-state index in [1.807, 2.05) is 0 Å². The van der Waals surface area contributed by atoms with Crippen molar-refractivity contribution in [2.75, 3.05) is 13.2 Å². The highest BCUT2D eigenvalue weighted by Crippen LogP contribution is 2.15. The molecule has 1 heterocycles. The van der Waals surface area contributed by atoms with Crippen LogP contribution in [0.2, 0.25) is 0 Å². The van der Waals surface area contributed by atoms with Crippen LogP contribution in [0.15, 0.2) is 5.16 Å². The lowest BCUT2D eigenvalue weighted by Gasteiger charge is -2.21. The second-order valence-corrected chi connectivity index (χ2v) is 3.56. The number of amidine groups is 1. The fraction of sp³-hybridized carbons (Fsp3) is 0.778. The summed E-state index contributed by atoms with van der Waals surface area (Å²) in [6.45, 7) is 0.806. The molecule has 0 spiro atoms. The molecule has 1 aliphatic rings. The largest absolute Gasteiger partial charge is 0.409 e. The summed E-state index contributed by atoms with van der Waals surface area (Å²) in [7, 11) is 0. The number of carbonyl (C=O) groups excluding carboxylic acids is 1. The summed E-state index contributed by atoms with van der Waals surface area (Å²) in [5.74, 6) is -0.138. The molecule has 1 saturated heterocycles. The highest BCUT2D eigenvalue weighted by atomic mass is 16.5. The number of carbonyl (C=O) groups is 1. The van der Waals surface area contributed by atoms with E-state index in [0.29, 0.717) is 6.42 Å². The highest BCUT2D eigenvalue weighted by molar-refractivity contribution is 5.86. The van der Waals surface area contributed by atoms with Gasteiger partial charge in [-0.2, -0.15) is 0 Å². The predicted octanol–water partition coefficient (Wildman–Crippen LogP) is -0.192. The quantitative estimate of drug-likeness (QED) is 0.262. The van der Waals surface area contributed by atoms with Crippen LogP contribution in [0.25, 0.3) is 0 Å². The molecule has 0 aromatic heterocycles. The van der Waals surface area contributed by atoms with Crippen LogP contribution < -0.4 is 11.1 Å². The van der Waals surface area contributed by atoms with Gasteiger partial charge >= 0.3 is 0 Å². The minimum absolute atomic E-state index is 0.00656. The number of hydrogen-bond acceptors (Lipinski definition) is 4. The van der Waals surface area contributed by atoms with Crippen LogP contribution in [0.4, 0.5) is 0 Å². The van der Waals surface area contributed by atoms with Crippen molar-refractivity contribution in [3.05, 3.63) is 0 Å². The second-order valence-electron chi connectivity index (χ2n) is 3.56. The van der Waals surface area contributed by atoms with E-state index in [2.05, 4.69) is 10.5 Å². The second kappa shape index (κ2) is 6.23. The molecule has 1 atom stereocenters. The number of nitrogens with zero attached hydrogens (tertiary/aromatic N) is 1. The summed E-state index contributed by atoms with van der Waals surface area (Å²) in [4.78, 5) is 11.3. The highest BCUT2D eigenvalue weighted by Gasteiger charge is 2.17. The Labute approximate surface area is 88.5 Å². The van der Waals surface area contributed by atoms with Crippen LogP contribution in [0.5, 0.6) is 0 Å². The first kappa shape index (κ1) is 11.8. The van der Waals surface area contributed by atoms with E-state index < -0.39 is 0 Å². The van der Waals surface area contributed by atoms with Crippen LogP contribution in [0.1, 0.15) is 25.7 Å². The third-order valence-corrected chi connectivity index (χ3v) is 2.28. The molecule has 6 heteroatoms. The van der Waals surface area contributed by atoms with Crippen molar-refractivity contribution in [2.45, 2.75) is 31.8 Å². The van der Waals surface area contributed by atoms with Gasteiger partial charge in [0.25, 0.3) is 0 Å². The van der Waals surface area contributed by atoms with Gasteiger partial charge in [0.05, 0.1) is 19.1 Å². The van der Waals surface area contributed by atoms with Crippen molar-refractivity contribution in [3.8, 4) is 0 Å². The number of ether oxygens (including phenoxy) is 1. The molecular weight excluding hydrogens is 198 g/mol. The summed E-state index contributed by atoms with van der Waals surface area (Å²) in [6, 6.07) is 0. The summed E-state index contributed by atoms with van der Waals surface area (Å²) >= 11 is 0. The van der Waals surface area contributed by atoms with Crippen molar-refractivity contribution in [3.63, 3.8) is 0 Å². The van der Waals surface area contributed by atoms with Gasteiger partial charge in [0.1, 0.15) is 0 Å². The van der Waals surface area contributed by atoms with Gasteiger partial charge in [0.15, 0.2) is 5.84 Å². The number of hydrogen-bond donors (Lipinski definition) is 3. The Kier molecular flexibility index (Phi) is 4.89. The van der Waals surface area contributed by atoms with Gasteiger partial charge < -0.3 is 21.0 Å². The summed E-state index contributed by atoms with van der Waals surface area (Å²) < 4.78 is 5.41. The maximum Gasteiger partial charge on any atom is 0.222 e. The van der Waals surface area contributed by atoms with E-state index in [4.69, 9.17) is 15.7 Å². The number of rotatable bonds is 4. The summed E-state index contributed by atoms with van der Waals surface area (Å²) in [6.07, 6.45) is 3.47. The average Bonchev–Trinajstić information content (AvgIpc) is 2.27. The van der Waals surface area contributed by atoms with E-state index in [9.17, 15) is 4.79 Å². The van der Waals surface area contributed by atoms with E-state index in [-0.39, 0.29) is 24.4 Å². The van der Waals surface area contributed by atoms with Gasteiger partial charge in [0, 0.05) is 6.61 Å². The van der Waals surface area contributed by atoms with Crippen LogP contribution >= 0.6 is 0 Å². The molecule has 1 aliphatic heterocycles. The van der Waals surface area contributed by atoms with Gasteiger partial charge in [0.2, 0.25) is 5.91 Å². The van der Waals surface area contributed by atoms with E-state index in [1.54, 1.807) is 0 Å². The van der Waals surface area contributed by atoms with Gasteiger partial charge in [-0.1, -0.05) is 5.16 Å². The molecule has 1 rings (SSSR count). The van der Waals surface area contributed by atoms with Crippen LogP contribution in [0, 0.1) is 0 Å². The molecule has 0 saturated carbocycles. The van der Waals surface area contributed by atoms with Crippen molar-refractivity contribution >= 4 is 11.7 Å². The maximum absolute atomic E-state index is 11.3. The lowest BCUT2D eigenvalue weighted by Crippen LogP contribution is -2.36. The first-order valence-corrected chi connectivity index (χ1v) is 5.07. The Balaban J connectivity index is 2.17. The monoisotopic (exact) mass is 215 g/mol. The minimum atomic E-state index is -0.131. The standard InChI is InChI=1S/C9H17N3O3/c10-8(12-14)6-11-9(13)5-7-3-1-2-4-15-7/h7,14H,1-6H2,(H2,10,12)(H,11,13). The molecule has 0 bridgehead atoms. The molecular formula is C9H17N3O3. The number of nitrogens with two attached hydrogens (primary N) is 1. The molecule has 1 amide bonds. The van der Waals surface area contributed by atoms with Crippen LogP contribution in [0.3, 0.4) is 0 Å². The van der Waals surface area contributed by atoms with Crippen molar-refractivity contribution in [2.24, 2.45) is 10.9 Å². The minimum Gasteiger partial charge on any atom is -0.409 e. The van der Waals surface area contributed by atoms with Crippen molar-refractivity contribution < 1.29 is 14.7 Å². The molecule has 0 aliphatic carbocycles. The molecule has 0 aromatic rings. The topological polar surface area (TPSA) is 96.9 Å². The normalized spacial score (nSPS) is 22.4. The zero-order chi connectivity index (χ0) is 11.1. The fourth-order valence-corrected chi connectivity index (χ4v) is 1.47. The molecule has 4 N–H and O–H groups in total. The number of oxime groups is 1. The Hall–Kier alpha value is -1.30. The van der Waals surface area contributed by atoms with Gasteiger partial charge in [-0.05, 0) is 19.3 Å². The van der Waals surface area contributed by atoms with Gasteiger partial charge in [-0.15, -0.1) is 0 Å². The Morgan fingerprint density at radius 2 is 2.40 bits per heavy atom. The van der Waals surface area contributed by atoms with E-state index in [0.717, 1.165) is 25.9 Å². The summed E-state index contributed by atoms with van der Waals surface area (Å²) in [5, 5.41) is 13.6. The fourth-order valence-electron chi connectivity index (χ4n) is 1.47. The predicted molar refractivity (Wildman–Crippen MR) is 54.6 cm³/mol. The van der Waals surface area contributed by atoms with Crippen molar-refractivity contribution in [1.82, 2.24) is 5.32 Å². The van der Waals surface area contributed by atoms with E-state index in [1.165, 1.54) is 0 Å². The molecule has 6 nitrogen and oxygen atoms in total. The van der Waals surface area contributed by atoms with Crippen LogP contribution in [-0.4, -0.2) is 36.2 Å². The van der Waals surface area contributed by atoms with Gasteiger partial charge in [-0.3, -0.25) is 4.79 Å². The SMILES string of the molecule is NC(CNC(=O)CC1CCCCO1)=NO. The average molecular weight is 215 g/mol. The Bertz CT molecular complexity index is 237. The van der Waals surface area contributed by atoms with Gasteiger partial charge in [-0.25, -0.2) is 0 Å². The van der Waals surface area contributed by atoms with Crippen molar-refractivity contribution in [1.29, 1.82) is 0 Å². The molecule has 1 fully saturated rings. The number of amides is 1. The molecule has 0 aromatic carbocycles. The zero-order valence-electron chi connectivity index (χ0n) is 8.61. The third-order valence-electron chi connectivity index (χ3n) is 2.28. The molecule has 86 valence electrons. The summed E-state index contributed by atoms with van der Waals surface area (Å²) in [5.41, 5.74) is 5.21. The van der Waals surface area contributed by atoms with Crippen LogP contribution in [-0.2, 0) is 9.53 Å². The Morgan fingerprint density at radius 3 is 3.00 bits per heavy atom.